The summed E-state index contributed by atoms with van der Waals surface area (Å²) in [5, 5.41) is 9.08. The van der Waals surface area contributed by atoms with Crippen LogP contribution in [0, 0.1) is 6.92 Å². The van der Waals surface area contributed by atoms with Gasteiger partial charge in [0, 0.05) is 39.1 Å². The number of rotatable bonds is 7. The van der Waals surface area contributed by atoms with Crippen molar-refractivity contribution in [2.75, 3.05) is 33.4 Å². The second-order valence-corrected chi connectivity index (χ2v) is 4.70. The number of imidazole rings is 1. The Balaban J connectivity index is 2.09. The molecule has 2 heterocycles. The van der Waals surface area contributed by atoms with Crippen molar-refractivity contribution in [2.45, 2.75) is 13.5 Å². The van der Waals surface area contributed by atoms with Crippen molar-refractivity contribution in [1.29, 1.82) is 0 Å². The second-order valence-electron chi connectivity index (χ2n) is 4.70. The van der Waals surface area contributed by atoms with E-state index in [9.17, 15) is 0 Å². The Hall–Kier alpha value is -1.43. The zero-order valence-corrected chi connectivity index (χ0v) is 11.5. The Morgan fingerprint density at radius 1 is 1.32 bits per heavy atom. The van der Waals surface area contributed by atoms with Gasteiger partial charge >= 0.3 is 0 Å². The molecule has 0 fully saturated rings. The molecule has 0 spiro atoms. The van der Waals surface area contributed by atoms with Crippen molar-refractivity contribution in [2.24, 2.45) is 0 Å². The lowest BCUT2D eigenvalue weighted by atomic mass is 10.3. The first-order valence-electron chi connectivity index (χ1n) is 6.49. The number of nitrogens with zero attached hydrogens (tertiary/aromatic N) is 3. The molecule has 5 nitrogen and oxygen atoms in total. The molecule has 0 saturated carbocycles. The average molecular weight is 263 g/mol. The Bertz CT molecular complexity index is 524. The number of hydrogen-bond acceptors (Lipinski definition) is 4. The van der Waals surface area contributed by atoms with Crippen LogP contribution in [-0.2, 0) is 11.3 Å². The van der Waals surface area contributed by atoms with Crippen molar-refractivity contribution < 1.29 is 9.84 Å². The van der Waals surface area contributed by atoms with Crippen molar-refractivity contribution >= 4 is 5.65 Å². The first kappa shape index (κ1) is 14.0. The third kappa shape index (κ3) is 3.76. The Kier molecular flexibility index (Phi) is 4.90. The number of pyridine rings is 1. The smallest absolute Gasteiger partial charge is 0.137 e. The van der Waals surface area contributed by atoms with Gasteiger partial charge in [-0.1, -0.05) is 6.07 Å². The maximum absolute atomic E-state index is 9.08. The van der Waals surface area contributed by atoms with Gasteiger partial charge in [0.25, 0.3) is 0 Å². The summed E-state index contributed by atoms with van der Waals surface area (Å²) in [5.74, 6) is 0. The van der Waals surface area contributed by atoms with Crippen molar-refractivity contribution in [3.05, 3.63) is 35.8 Å². The molecular formula is C14H21N3O2. The summed E-state index contributed by atoms with van der Waals surface area (Å²) in [6.07, 6.45) is 4.11. The van der Waals surface area contributed by atoms with Crippen LogP contribution < -0.4 is 0 Å². The highest BCUT2D eigenvalue weighted by Crippen LogP contribution is 2.09. The first-order valence-corrected chi connectivity index (χ1v) is 6.49. The van der Waals surface area contributed by atoms with E-state index in [0.717, 1.165) is 24.4 Å². The molecule has 1 N–H and O–H groups in total. The molecule has 0 saturated heterocycles. The number of aromatic nitrogens is 2. The summed E-state index contributed by atoms with van der Waals surface area (Å²) in [6, 6.07) is 4.08. The summed E-state index contributed by atoms with van der Waals surface area (Å²) in [4.78, 5) is 6.72. The lowest BCUT2D eigenvalue weighted by Gasteiger charge is -2.19. The molecule has 104 valence electrons. The van der Waals surface area contributed by atoms with Gasteiger partial charge in [0.2, 0.25) is 0 Å². The minimum Gasteiger partial charge on any atom is -0.395 e. The maximum atomic E-state index is 9.08. The number of fused-ring (bicyclic) bond motifs is 1. The van der Waals surface area contributed by atoms with Gasteiger partial charge in [-0.15, -0.1) is 0 Å². The zero-order chi connectivity index (χ0) is 13.7. The van der Waals surface area contributed by atoms with Crippen LogP contribution in [0.3, 0.4) is 0 Å². The van der Waals surface area contributed by atoms with E-state index in [1.54, 1.807) is 7.11 Å². The average Bonchev–Trinajstić information content (AvgIpc) is 2.77. The SMILES string of the molecule is COCCN(CCO)Cc1cn2cc(C)ccc2n1. The molecular weight excluding hydrogens is 242 g/mol. The van der Waals surface area contributed by atoms with Gasteiger partial charge in [0.1, 0.15) is 5.65 Å². The minimum atomic E-state index is 0.149. The van der Waals surface area contributed by atoms with Crippen LogP contribution in [0.15, 0.2) is 24.5 Å². The molecule has 0 aliphatic rings. The number of methoxy groups -OCH3 is 1. The fourth-order valence-corrected chi connectivity index (χ4v) is 2.09. The molecule has 0 aliphatic heterocycles. The summed E-state index contributed by atoms with van der Waals surface area (Å²) >= 11 is 0. The van der Waals surface area contributed by atoms with Gasteiger partial charge in [0.15, 0.2) is 0 Å². The fraction of sp³-hybridized carbons (Fsp3) is 0.500. The molecule has 0 aromatic carbocycles. The number of aliphatic hydroxyl groups excluding tert-OH is 1. The van der Waals surface area contributed by atoms with E-state index in [1.807, 2.05) is 16.7 Å². The van der Waals surface area contributed by atoms with Gasteiger partial charge in [-0.25, -0.2) is 4.98 Å². The highest BCUT2D eigenvalue weighted by molar-refractivity contribution is 5.41. The predicted molar refractivity (Wildman–Crippen MR) is 74.2 cm³/mol. The van der Waals surface area contributed by atoms with E-state index in [-0.39, 0.29) is 6.61 Å². The number of aryl methyl sites for hydroxylation is 1. The molecule has 19 heavy (non-hydrogen) atoms. The summed E-state index contributed by atoms with van der Waals surface area (Å²) in [7, 11) is 1.69. The van der Waals surface area contributed by atoms with Crippen LogP contribution in [0.25, 0.3) is 5.65 Å². The Morgan fingerprint density at radius 2 is 2.16 bits per heavy atom. The standard InChI is InChI=1S/C14H21N3O2/c1-12-3-4-14-15-13(11-17(14)9-12)10-16(5-7-18)6-8-19-2/h3-4,9,11,18H,5-8,10H2,1-2H3. The molecule has 5 heteroatoms. The van der Waals surface area contributed by atoms with Gasteiger partial charge in [-0.2, -0.15) is 0 Å². The third-order valence-electron chi connectivity index (χ3n) is 3.06. The first-order chi connectivity index (χ1) is 9.22. The largest absolute Gasteiger partial charge is 0.395 e. The van der Waals surface area contributed by atoms with Crippen LogP contribution in [0.1, 0.15) is 11.3 Å². The number of aliphatic hydroxyl groups is 1. The van der Waals surface area contributed by atoms with Crippen molar-refractivity contribution in [3.63, 3.8) is 0 Å². The summed E-state index contributed by atoms with van der Waals surface area (Å²) < 4.78 is 7.12. The highest BCUT2D eigenvalue weighted by atomic mass is 16.5. The molecule has 2 aromatic heterocycles. The molecule has 0 amide bonds. The zero-order valence-electron chi connectivity index (χ0n) is 11.5. The monoisotopic (exact) mass is 263 g/mol. The van der Waals surface area contributed by atoms with E-state index in [4.69, 9.17) is 9.84 Å². The molecule has 0 radical (unpaired) electrons. The third-order valence-corrected chi connectivity index (χ3v) is 3.06. The van der Waals surface area contributed by atoms with E-state index in [0.29, 0.717) is 13.2 Å². The minimum absolute atomic E-state index is 0.149. The Labute approximate surface area is 113 Å². The molecule has 2 rings (SSSR count). The van der Waals surface area contributed by atoms with Crippen molar-refractivity contribution in [3.8, 4) is 0 Å². The molecule has 0 unspecified atom stereocenters. The molecule has 0 aliphatic carbocycles. The van der Waals surface area contributed by atoms with Crippen LogP contribution >= 0.6 is 0 Å². The van der Waals surface area contributed by atoms with E-state index >= 15 is 0 Å². The van der Waals surface area contributed by atoms with E-state index < -0.39 is 0 Å². The molecule has 2 aromatic rings. The van der Waals surface area contributed by atoms with E-state index in [2.05, 4.69) is 29.1 Å². The quantitative estimate of drug-likeness (QED) is 0.812. The molecule has 0 bridgehead atoms. The lowest BCUT2D eigenvalue weighted by Crippen LogP contribution is -2.29. The van der Waals surface area contributed by atoms with Crippen LogP contribution in [0.2, 0.25) is 0 Å². The van der Waals surface area contributed by atoms with Crippen molar-refractivity contribution in [1.82, 2.24) is 14.3 Å². The van der Waals surface area contributed by atoms with Crippen LogP contribution in [0.5, 0.6) is 0 Å². The lowest BCUT2D eigenvalue weighted by molar-refractivity contribution is 0.126. The van der Waals surface area contributed by atoms with Gasteiger partial charge < -0.3 is 14.2 Å². The summed E-state index contributed by atoms with van der Waals surface area (Å²) in [6.45, 7) is 5.03. The van der Waals surface area contributed by atoms with E-state index in [1.165, 1.54) is 5.56 Å². The predicted octanol–water partition coefficient (Wildman–Crippen LogP) is 1.08. The van der Waals surface area contributed by atoms with Gasteiger partial charge in [-0.3, -0.25) is 4.90 Å². The van der Waals surface area contributed by atoms with Crippen LogP contribution in [0.4, 0.5) is 0 Å². The Morgan fingerprint density at radius 3 is 2.89 bits per heavy atom. The number of hydrogen-bond donors (Lipinski definition) is 1. The normalized spacial score (nSPS) is 11.6. The maximum Gasteiger partial charge on any atom is 0.137 e. The fourth-order valence-electron chi connectivity index (χ4n) is 2.09. The summed E-state index contributed by atoms with van der Waals surface area (Å²) in [5.41, 5.74) is 3.18. The topological polar surface area (TPSA) is 50.0 Å². The van der Waals surface area contributed by atoms with Gasteiger partial charge in [-0.05, 0) is 18.6 Å². The van der Waals surface area contributed by atoms with Gasteiger partial charge in [0.05, 0.1) is 18.9 Å². The van der Waals surface area contributed by atoms with Crippen LogP contribution in [-0.4, -0.2) is 52.8 Å². The second kappa shape index (κ2) is 6.65. The highest BCUT2D eigenvalue weighted by Gasteiger charge is 2.08. The number of ether oxygens (including phenoxy) is 1. The molecule has 0 atom stereocenters.